The van der Waals surface area contributed by atoms with Crippen molar-refractivity contribution in [3.63, 3.8) is 0 Å². The van der Waals surface area contributed by atoms with Crippen molar-refractivity contribution in [2.45, 2.75) is 10.3 Å². The van der Waals surface area contributed by atoms with Gasteiger partial charge in [0.05, 0.1) is 12.5 Å². The van der Waals surface area contributed by atoms with Gasteiger partial charge in [0.2, 0.25) is 0 Å². The number of fused-ring (bicyclic) bond motifs is 3. The van der Waals surface area contributed by atoms with Crippen LogP contribution in [0.15, 0.2) is 95.9 Å². The standard InChI is InChI=1S/C26H22N2O3S/c1-31-32(29,30)24-8-4-7-23-25(24)21-5-2-3-6-22(21)26(23,17-9-13-19(27)14-10-17)18-11-15-20(28)16-12-18/h2-16H,27-28H2,1H3. The van der Waals surface area contributed by atoms with Crippen LogP contribution in [-0.2, 0) is 19.7 Å². The number of nitrogen functional groups attached to an aromatic ring is 2. The number of nitrogens with two attached hydrogens (primary N) is 2. The van der Waals surface area contributed by atoms with Crippen LogP contribution in [0.2, 0.25) is 0 Å². The Hall–Kier alpha value is -3.61. The maximum absolute atomic E-state index is 12.9. The topological polar surface area (TPSA) is 95.4 Å². The third-order valence-electron chi connectivity index (χ3n) is 6.21. The van der Waals surface area contributed by atoms with E-state index in [1.165, 1.54) is 7.11 Å². The Bertz CT molecular complexity index is 1380. The lowest BCUT2D eigenvalue weighted by atomic mass is 9.67. The molecule has 0 aliphatic heterocycles. The summed E-state index contributed by atoms with van der Waals surface area (Å²) in [5, 5.41) is 0. The molecule has 0 spiro atoms. The Morgan fingerprint density at radius 1 is 0.688 bits per heavy atom. The lowest BCUT2D eigenvalue weighted by Gasteiger charge is -2.34. The molecule has 0 saturated heterocycles. The van der Waals surface area contributed by atoms with Crippen molar-refractivity contribution in [3.05, 3.63) is 113 Å². The molecule has 0 bridgehead atoms. The van der Waals surface area contributed by atoms with Crippen LogP contribution in [-0.4, -0.2) is 15.5 Å². The predicted octanol–water partition coefficient (Wildman–Crippen LogP) is 4.55. The number of rotatable bonds is 4. The van der Waals surface area contributed by atoms with E-state index in [2.05, 4.69) is 0 Å². The molecule has 1 aliphatic carbocycles. The maximum Gasteiger partial charge on any atom is 0.297 e. The summed E-state index contributed by atoms with van der Waals surface area (Å²) in [7, 11) is -2.75. The zero-order chi connectivity index (χ0) is 22.5. The lowest BCUT2D eigenvalue weighted by molar-refractivity contribution is 0.398. The summed E-state index contributed by atoms with van der Waals surface area (Å²) < 4.78 is 30.7. The molecule has 4 aromatic rings. The van der Waals surface area contributed by atoms with Crippen molar-refractivity contribution < 1.29 is 12.6 Å². The third-order valence-corrected chi connectivity index (χ3v) is 7.52. The van der Waals surface area contributed by atoms with Gasteiger partial charge in [-0.1, -0.05) is 60.7 Å². The Morgan fingerprint density at radius 3 is 1.78 bits per heavy atom. The number of benzene rings is 4. The molecule has 0 aromatic heterocycles. The van der Waals surface area contributed by atoms with Crippen molar-refractivity contribution in [3.8, 4) is 11.1 Å². The van der Waals surface area contributed by atoms with Crippen LogP contribution >= 0.6 is 0 Å². The highest BCUT2D eigenvalue weighted by Gasteiger charge is 2.47. The maximum atomic E-state index is 12.9. The highest BCUT2D eigenvalue weighted by molar-refractivity contribution is 7.86. The first-order valence-corrected chi connectivity index (χ1v) is 11.6. The molecule has 6 heteroatoms. The fourth-order valence-corrected chi connectivity index (χ4v) is 5.74. The second-order valence-electron chi connectivity index (χ2n) is 7.84. The van der Waals surface area contributed by atoms with E-state index in [0.717, 1.165) is 27.8 Å². The molecule has 0 unspecified atom stereocenters. The molecule has 0 heterocycles. The van der Waals surface area contributed by atoms with Crippen molar-refractivity contribution in [2.24, 2.45) is 0 Å². The third kappa shape index (κ3) is 2.77. The zero-order valence-electron chi connectivity index (χ0n) is 17.4. The van der Waals surface area contributed by atoms with Crippen molar-refractivity contribution >= 4 is 21.5 Å². The summed E-state index contributed by atoms with van der Waals surface area (Å²) in [4.78, 5) is 0.151. The molecule has 4 N–H and O–H groups in total. The molecule has 0 saturated carbocycles. The van der Waals surface area contributed by atoms with E-state index in [0.29, 0.717) is 16.9 Å². The van der Waals surface area contributed by atoms with Crippen molar-refractivity contribution in [2.75, 3.05) is 18.6 Å². The fourth-order valence-electron chi connectivity index (χ4n) is 4.85. The first-order chi connectivity index (χ1) is 15.4. The summed E-state index contributed by atoms with van der Waals surface area (Å²) in [6.45, 7) is 0. The van der Waals surface area contributed by atoms with E-state index < -0.39 is 15.5 Å². The van der Waals surface area contributed by atoms with E-state index in [1.807, 2.05) is 78.9 Å². The molecule has 160 valence electrons. The fraction of sp³-hybridized carbons (Fsp3) is 0.0769. The van der Waals surface area contributed by atoms with Gasteiger partial charge in [0.1, 0.15) is 4.90 Å². The smallest absolute Gasteiger partial charge is 0.297 e. The van der Waals surface area contributed by atoms with Gasteiger partial charge >= 0.3 is 0 Å². The zero-order valence-corrected chi connectivity index (χ0v) is 18.3. The highest BCUT2D eigenvalue weighted by atomic mass is 32.2. The van der Waals surface area contributed by atoms with E-state index in [-0.39, 0.29) is 4.90 Å². The van der Waals surface area contributed by atoms with Crippen LogP contribution < -0.4 is 11.5 Å². The molecule has 32 heavy (non-hydrogen) atoms. The Balaban J connectivity index is 1.98. The second-order valence-corrected chi connectivity index (χ2v) is 9.52. The second kappa shape index (κ2) is 7.22. The lowest BCUT2D eigenvalue weighted by Crippen LogP contribution is -2.28. The van der Waals surface area contributed by atoms with Crippen molar-refractivity contribution in [1.82, 2.24) is 0 Å². The highest BCUT2D eigenvalue weighted by Crippen LogP contribution is 2.57. The van der Waals surface area contributed by atoms with Gasteiger partial charge in [-0.15, -0.1) is 0 Å². The molecular formula is C26H22N2O3S. The minimum atomic E-state index is -3.93. The quantitative estimate of drug-likeness (QED) is 0.314. The largest absolute Gasteiger partial charge is 0.399 e. The van der Waals surface area contributed by atoms with Crippen LogP contribution in [0.1, 0.15) is 22.3 Å². The molecule has 5 nitrogen and oxygen atoms in total. The minimum Gasteiger partial charge on any atom is -0.399 e. The van der Waals surface area contributed by atoms with Crippen LogP contribution in [0.25, 0.3) is 11.1 Å². The van der Waals surface area contributed by atoms with Crippen LogP contribution in [0.3, 0.4) is 0 Å². The van der Waals surface area contributed by atoms with E-state index >= 15 is 0 Å². The van der Waals surface area contributed by atoms with Gasteiger partial charge in [0.25, 0.3) is 10.1 Å². The van der Waals surface area contributed by atoms with Gasteiger partial charge < -0.3 is 11.5 Å². The summed E-state index contributed by atoms with van der Waals surface area (Å²) in [6, 6.07) is 28.7. The molecule has 0 radical (unpaired) electrons. The first-order valence-electron chi connectivity index (χ1n) is 10.2. The number of anilines is 2. The van der Waals surface area contributed by atoms with E-state index in [9.17, 15) is 8.42 Å². The molecule has 4 aromatic carbocycles. The van der Waals surface area contributed by atoms with Crippen LogP contribution in [0, 0.1) is 0 Å². The molecule has 0 fully saturated rings. The molecule has 0 atom stereocenters. The minimum absolute atomic E-state index is 0.151. The van der Waals surface area contributed by atoms with Gasteiger partial charge in [-0.05, 0) is 58.1 Å². The molecular weight excluding hydrogens is 420 g/mol. The number of hydrogen-bond donors (Lipinski definition) is 2. The van der Waals surface area contributed by atoms with E-state index in [4.69, 9.17) is 15.7 Å². The Kier molecular flexibility index (Phi) is 4.58. The van der Waals surface area contributed by atoms with Gasteiger partial charge in [-0.2, -0.15) is 8.42 Å². The first kappa shape index (κ1) is 20.3. The summed E-state index contributed by atoms with van der Waals surface area (Å²) in [5.41, 5.74) is 17.9. The summed E-state index contributed by atoms with van der Waals surface area (Å²) in [5.74, 6) is 0. The van der Waals surface area contributed by atoms with Gasteiger partial charge in [-0.25, -0.2) is 0 Å². The normalized spacial score (nSPS) is 14.0. The van der Waals surface area contributed by atoms with E-state index in [1.54, 1.807) is 12.1 Å². The van der Waals surface area contributed by atoms with Crippen LogP contribution in [0.5, 0.6) is 0 Å². The monoisotopic (exact) mass is 442 g/mol. The average molecular weight is 443 g/mol. The molecule has 1 aliphatic rings. The molecule has 0 amide bonds. The molecule has 5 rings (SSSR count). The average Bonchev–Trinajstić information content (AvgIpc) is 3.11. The van der Waals surface area contributed by atoms with Gasteiger partial charge in [0.15, 0.2) is 0 Å². The summed E-state index contributed by atoms with van der Waals surface area (Å²) in [6.07, 6.45) is 0. The van der Waals surface area contributed by atoms with Crippen molar-refractivity contribution in [1.29, 1.82) is 0 Å². The SMILES string of the molecule is COS(=O)(=O)c1cccc2c1-c1ccccc1C2(c1ccc(N)cc1)c1ccc(N)cc1. The summed E-state index contributed by atoms with van der Waals surface area (Å²) >= 11 is 0. The number of hydrogen-bond acceptors (Lipinski definition) is 5. The Labute approximate surface area is 187 Å². The van der Waals surface area contributed by atoms with Crippen LogP contribution in [0.4, 0.5) is 11.4 Å². The van der Waals surface area contributed by atoms with Gasteiger partial charge in [0, 0.05) is 16.9 Å². The Morgan fingerprint density at radius 2 is 1.22 bits per heavy atom. The predicted molar refractivity (Wildman–Crippen MR) is 127 cm³/mol. The van der Waals surface area contributed by atoms with Gasteiger partial charge in [-0.3, -0.25) is 4.18 Å².